The van der Waals surface area contributed by atoms with E-state index in [1.807, 2.05) is 7.05 Å². The van der Waals surface area contributed by atoms with Gasteiger partial charge in [0, 0.05) is 25.5 Å². The van der Waals surface area contributed by atoms with E-state index in [4.69, 9.17) is 0 Å². The third-order valence-corrected chi connectivity index (χ3v) is 3.06. The van der Waals surface area contributed by atoms with Gasteiger partial charge in [0.25, 0.3) is 0 Å². The average Bonchev–Trinajstić information content (AvgIpc) is 2.81. The summed E-state index contributed by atoms with van der Waals surface area (Å²) in [7, 11) is 1.83. The van der Waals surface area contributed by atoms with Crippen molar-refractivity contribution in [2.75, 3.05) is 5.43 Å². The topological polar surface area (TPSA) is 68.0 Å². The van der Waals surface area contributed by atoms with Crippen molar-refractivity contribution in [3.8, 4) is 0 Å². The molecule has 0 aliphatic rings. The molecule has 6 nitrogen and oxygen atoms in total. The predicted molar refractivity (Wildman–Crippen MR) is 78.5 cm³/mol. The third kappa shape index (κ3) is 2.58. The van der Waals surface area contributed by atoms with Crippen molar-refractivity contribution in [3.05, 3.63) is 48.3 Å². The van der Waals surface area contributed by atoms with Gasteiger partial charge in [-0.05, 0) is 25.1 Å². The number of imidazole rings is 1. The zero-order chi connectivity index (χ0) is 14.8. The van der Waals surface area contributed by atoms with Gasteiger partial charge < -0.3 is 4.57 Å². The molecule has 106 valence electrons. The Labute approximate surface area is 120 Å². The molecule has 1 aromatic carbocycles. The fraction of sp³-hybridized carbons (Fsp3) is 0.143. The summed E-state index contributed by atoms with van der Waals surface area (Å²) in [4.78, 5) is 12.5. The van der Waals surface area contributed by atoms with Crippen LogP contribution in [0.25, 0.3) is 11.0 Å². The average molecular weight is 284 g/mol. The Bertz CT molecular complexity index is 809. The van der Waals surface area contributed by atoms with Gasteiger partial charge in [-0.15, -0.1) is 0 Å². The maximum Gasteiger partial charge on any atom is 0.224 e. The minimum atomic E-state index is -0.315. The van der Waals surface area contributed by atoms with Crippen LogP contribution in [0.15, 0.2) is 41.8 Å². The molecule has 1 N–H and O–H groups in total. The minimum Gasteiger partial charge on any atom is -0.312 e. The van der Waals surface area contributed by atoms with Crippen LogP contribution in [0, 0.1) is 5.82 Å². The van der Waals surface area contributed by atoms with E-state index in [-0.39, 0.29) is 5.82 Å². The first-order chi connectivity index (χ1) is 10.1. The summed E-state index contributed by atoms with van der Waals surface area (Å²) in [5.41, 5.74) is 4.89. The maximum atomic E-state index is 13.2. The number of anilines is 1. The second kappa shape index (κ2) is 5.28. The van der Waals surface area contributed by atoms with Crippen molar-refractivity contribution in [2.24, 2.45) is 12.1 Å². The Balaban J connectivity index is 1.90. The van der Waals surface area contributed by atoms with Crippen LogP contribution in [0.4, 0.5) is 10.3 Å². The van der Waals surface area contributed by atoms with Crippen molar-refractivity contribution in [3.63, 3.8) is 0 Å². The summed E-state index contributed by atoms with van der Waals surface area (Å²) in [6.07, 6.45) is 3.30. The molecule has 0 bridgehead atoms. The summed E-state index contributed by atoms with van der Waals surface area (Å²) in [5, 5.41) is 4.21. The molecular weight excluding hydrogens is 271 g/mol. The first kappa shape index (κ1) is 13.2. The van der Waals surface area contributed by atoms with Crippen molar-refractivity contribution < 1.29 is 4.39 Å². The Morgan fingerprint density at radius 1 is 1.29 bits per heavy atom. The van der Waals surface area contributed by atoms with Gasteiger partial charge in [0.2, 0.25) is 5.95 Å². The summed E-state index contributed by atoms with van der Waals surface area (Å²) in [6, 6.07) is 6.21. The van der Waals surface area contributed by atoms with Gasteiger partial charge in [-0.2, -0.15) is 5.10 Å². The van der Waals surface area contributed by atoms with Gasteiger partial charge in [-0.25, -0.2) is 24.8 Å². The van der Waals surface area contributed by atoms with Crippen LogP contribution in [-0.4, -0.2) is 25.2 Å². The van der Waals surface area contributed by atoms with Crippen molar-refractivity contribution >= 4 is 22.7 Å². The Kier molecular flexibility index (Phi) is 3.31. The molecule has 21 heavy (non-hydrogen) atoms. The van der Waals surface area contributed by atoms with Gasteiger partial charge in [-0.3, -0.25) is 0 Å². The number of halogens is 1. The summed E-state index contributed by atoms with van der Waals surface area (Å²) < 4.78 is 15.0. The molecule has 0 spiro atoms. The number of aromatic nitrogens is 4. The molecule has 0 unspecified atom stereocenters. The zero-order valence-electron chi connectivity index (χ0n) is 11.6. The fourth-order valence-corrected chi connectivity index (χ4v) is 1.94. The summed E-state index contributed by atoms with van der Waals surface area (Å²) >= 11 is 0. The molecule has 0 aliphatic heterocycles. The molecule has 2 aromatic heterocycles. The zero-order valence-corrected chi connectivity index (χ0v) is 11.6. The molecule has 0 atom stereocenters. The van der Waals surface area contributed by atoms with E-state index in [1.165, 1.54) is 12.1 Å². The molecule has 3 aromatic rings. The van der Waals surface area contributed by atoms with Gasteiger partial charge in [-0.1, -0.05) is 0 Å². The summed E-state index contributed by atoms with van der Waals surface area (Å²) in [6.45, 7) is 1.80. The highest BCUT2D eigenvalue weighted by atomic mass is 19.1. The lowest BCUT2D eigenvalue weighted by atomic mass is 10.3. The van der Waals surface area contributed by atoms with Crippen LogP contribution in [0.3, 0.4) is 0 Å². The molecule has 7 heteroatoms. The second-order valence-corrected chi connectivity index (χ2v) is 4.51. The van der Waals surface area contributed by atoms with Gasteiger partial charge in [0.15, 0.2) is 5.82 Å². The maximum absolute atomic E-state index is 13.2. The van der Waals surface area contributed by atoms with E-state index in [0.29, 0.717) is 23.0 Å². The second-order valence-electron chi connectivity index (χ2n) is 4.51. The minimum absolute atomic E-state index is 0.315. The molecule has 0 amide bonds. The summed E-state index contributed by atoms with van der Waals surface area (Å²) in [5.74, 6) is 0.741. The monoisotopic (exact) mass is 284 g/mol. The SMILES string of the molecule is C/C(=N\Nc1nc2cc(F)ccc2n1C)c1ncccn1. The van der Waals surface area contributed by atoms with Crippen molar-refractivity contribution in [1.29, 1.82) is 0 Å². The predicted octanol–water partition coefficient (Wildman–Crippen LogP) is 2.34. The normalized spacial score (nSPS) is 11.9. The van der Waals surface area contributed by atoms with Crippen LogP contribution < -0.4 is 5.43 Å². The van der Waals surface area contributed by atoms with Gasteiger partial charge in [0.05, 0.1) is 11.0 Å². The van der Waals surface area contributed by atoms with Gasteiger partial charge >= 0.3 is 0 Å². The Morgan fingerprint density at radius 3 is 2.81 bits per heavy atom. The van der Waals surface area contributed by atoms with Crippen LogP contribution in [0.1, 0.15) is 12.7 Å². The molecule has 0 radical (unpaired) electrons. The fourth-order valence-electron chi connectivity index (χ4n) is 1.94. The number of nitrogens with zero attached hydrogens (tertiary/aromatic N) is 5. The van der Waals surface area contributed by atoms with E-state index >= 15 is 0 Å². The van der Waals surface area contributed by atoms with Crippen LogP contribution in [0.5, 0.6) is 0 Å². The molecule has 3 rings (SSSR count). The molecule has 0 saturated carbocycles. The highest BCUT2D eigenvalue weighted by Gasteiger charge is 2.08. The number of benzene rings is 1. The van der Waals surface area contributed by atoms with E-state index in [9.17, 15) is 4.39 Å². The third-order valence-electron chi connectivity index (χ3n) is 3.06. The Hall–Kier alpha value is -2.83. The lowest BCUT2D eigenvalue weighted by Crippen LogP contribution is -2.06. The lowest BCUT2D eigenvalue weighted by Gasteiger charge is -2.02. The number of hydrogen-bond acceptors (Lipinski definition) is 5. The molecule has 0 aliphatic carbocycles. The molecule has 0 saturated heterocycles. The largest absolute Gasteiger partial charge is 0.312 e. The highest BCUT2D eigenvalue weighted by Crippen LogP contribution is 2.19. The molecular formula is C14H13FN6. The van der Waals surface area contributed by atoms with Gasteiger partial charge in [0.1, 0.15) is 11.5 Å². The number of fused-ring (bicyclic) bond motifs is 1. The van der Waals surface area contributed by atoms with E-state index < -0.39 is 0 Å². The van der Waals surface area contributed by atoms with Crippen molar-refractivity contribution in [1.82, 2.24) is 19.5 Å². The van der Waals surface area contributed by atoms with E-state index in [0.717, 1.165) is 5.52 Å². The number of hydrazone groups is 1. The quantitative estimate of drug-likeness (QED) is 0.592. The smallest absolute Gasteiger partial charge is 0.224 e. The van der Waals surface area contributed by atoms with Crippen LogP contribution in [0.2, 0.25) is 0 Å². The lowest BCUT2D eigenvalue weighted by molar-refractivity contribution is 0.629. The first-order valence-electron chi connectivity index (χ1n) is 6.35. The van der Waals surface area contributed by atoms with Crippen molar-refractivity contribution in [2.45, 2.75) is 6.92 Å². The highest BCUT2D eigenvalue weighted by molar-refractivity contribution is 5.95. The van der Waals surface area contributed by atoms with E-state index in [1.54, 1.807) is 36.0 Å². The van der Waals surface area contributed by atoms with Crippen LogP contribution in [-0.2, 0) is 7.05 Å². The number of rotatable bonds is 3. The van der Waals surface area contributed by atoms with E-state index in [2.05, 4.69) is 25.5 Å². The molecule has 2 heterocycles. The number of hydrogen-bond donors (Lipinski definition) is 1. The number of nitrogens with one attached hydrogen (secondary N) is 1. The van der Waals surface area contributed by atoms with Crippen LogP contribution >= 0.6 is 0 Å². The Morgan fingerprint density at radius 2 is 2.05 bits per heavy atom. The standard InChI is InChI=1S/C14H13FN6/c1-9(13-16-6-3-7-17-13)19-20-14-18-11-8-10(15)4-5-12(11)21(14)2/h3-8H,1-2H3,(H,18,20)/b19-9+. The first-order valence-corrected chi connectivity index (χ1v) is 6.35. The molecule has 0 fully saturated rings. The number of aryl methyl sites for hydroxylation is 1.